The summed E-state index contributed by atoms with van der Waals surface area (Å²) in [7, 11) is 1.93. The molecular weight excluding hydrogens is 256 g/mol. The molecule has 0 fully saturated rings. The van der Waals surface area contributed by atoms with Crippen molar-refractivity contribution in [1.82, 2.24) is 9.78 Å². The van der Waals surface area contributed by atoms with Gasteiger partial charge in [-0.25, -0.2) is 0 Å². The SMILES string of the molecule is Cc1cc(NCCc2ccn(C)n2)ccc1C(N)=S. The number of nitrogens with one attached hydrogen (secondary N) is 1. The van der Waals surface area contributed by atoms with Gasteiger partial charge in [0.1, 0.15) is 4.99 Å². The molecule has 0 saturated carbocycles. The van der Waals surface area contributed by atoms with Gasteiger partial charge in [-0.05, 0) is 36.8 Å². The standard InChI is InChI=1S/C14H18N4S/c1-10-9-12(3-4-13(10)14(15)19)16-7-5-11-6-8-18(2)17-11/h3-4,6,8-9,16H,5,7H2,1-2H3,(H2,15,19). The van der Waals surface area contributed by atoms with Gasteiger partial charge in [-0.2, -0.15) is 5.10 Å². The van der Waals surface area contributed by atoms with E-state index in [-0.39, 0.29) is 0 Å². The van der Waals surface area contributed by atoms with Crippen LogP contribution >= 0.6 is 12.2 Å². The summed E-state index contributed by atoms with van der Waals surface area (Å²) >= 11 is 4.99. The minimum absolute atomic E-state index is 0.442. The zero-order valence-electron chi connectivity index (χ0n) is 11.2. The average Bonchev–Trinajstić information content (AvgIpc) is 2.75. The second kappa shape index (κ2) is 5.84. The van der Waals surface area contributed by atoms with E-state index in [1.165, 1.54) is 0 Å². The van der Waals surface area contributed by atoms with Crippen molar-refractivity contribution in [2.45, 2.75) is 13.3 Å². The van der Waals surface area contributed by atoms with Crippen LogP contribution in [0.5, 0.6) is 0 Å². The van der Waals surface area contributed by atoms with Crippen LogP contribution in [0, 0.1) is 6.92 Å². The lowest BCUT2D eigenvalue weighted by Gasteiger charge is -2.09. The van der Waals surface area contributed by atoms with Gasteiger partial charge in [-0.1, -0.05) is 12.2 Å². The number of nitrogens with zero attached hydrogens (tertiary/aromatic N) is 2. The lowest BCUT2D eigenvalue weighted by molar-refractivity contribution is 0.742. The number of aromatic nitrogens is 2. The quantitative estimate of drug-likeness (QED) is 0.819. The van der Waals surface area contributed by atoms with Crippen molar-refractivity contribution < 1.29 is 0 Å². The van der Waals surface area contributed by atoms with E-state index >= 15 is 0 Å². The zero-order chi connectivity index (χ0) is 13.8. The molecule has 0 amide bonds. The third-order valence-electron chi connectivity index (χ3n) is 2.97. The molecule has 0 aliphatic carbocycles. The maximum absolute atomic E-state index is 5.64. The van der Waals surface area contributed by atoms with Gasteiger partial charge in [0, 0.05) is 37.5 Å². The molecule has 2 rings (SSSR count). The van der Waals surface area contributed by atoms with Gasteiger partial charge in [0.25, 0.3) is 0 Å². The highest BCUT2D eigenvalue weighted by Gasteiger charge is 2.02. The van der Waals surface area contributed by atoms with Crippen molar-refractivity contribution in [3.05, 3.63) is 47.3 Å². The van der Waals surface area contributed by atoms with Crippen LogP contribution in [-0.4, -0.2) is 21.3 Å². The van der Waals surface area contributed by atoms with E-state index in [2.05, 4.69) is 16.5 Å². The van der Waals surface area contributed by atoms with Crippen LogP contribution in [0.1, 0.15) is 16.8 Å². The van der Waals surface area contributed by atoms with E-state index in [1.807, 2.05) is 43.0 Å². The van der Waals surface area contributed by atoms with Gasteiger partial charge in [-0.3, -0.25) is 4.68 Å². The van der Waals surface area contributed by atoms with Crippen LogP contribution in [0.15, 0.2) is 30.5 Å². The Morgan fingerprint density at radius 2 is 2.21 bits per heavy atom. The van der Waals surface area contributed by atoms with Crippen LogP contribution in [0.25, 0.3) is 0 Å². The van der Waals surface area contributed by atoms with Crippen LogP contribution in [0.4, 0.5) is 5.69 Å². The first-order chi connectivity index (χ1) is 9.06. The molecular formula is C14H18N4S. The molecule has 0 unspecified atom stereocenters. The molecule has 100 valence electrons. The summed E-state index contributed by atoms with van der Waals surface area (Å²) < 4.78 is 1.82. The smallest absolute Gasteiger partial charge is 0.104 e. The van der Waals surface area contributed by atoms with Crippen LogP contribution in [-0.2, 0) is 13.5 Å². The lowest BCUT2D eigenvalue weighted by atomic mass is 10.1. The summed E-state index contributed by atoms with van der Waals surface area (Å²) in [5, 5.41) is 7.72. The number of anilines is 1. The van der Waals surface area contributed by atoms with E-state index in [4.69, 9.17) is 18.0 Å². The Kier molecular flexibility index (Phi) is 4.16. The minimum atomic E-state index is 0.442. The van der Waals surface area contributed by atoms with Crippen LogP contribution in [0.3, 0.4) is 0 Å². The number of thiocarbonyl (C=S) groups is 1. The van der Waals surface area contributed by atoms with Crippen molar-refractivity contribution in [2.24, 2.45) is 12.8 Å². The summed E-state index contributed by atoms with van der Waals surface area (Å²) in [6, 6.07) is 8.05. The Bertz CT molecular complexity index is 589. The highest BCUT2D eigenvalue weighted by Crippen LogP contribution is 2.15. The predicted octanol–water partition coefficient (Wildman–Crippen LogP) is 2.02. The molecule has 1 aromatic heterocycles. The number of nitrogens with two attached hydrogens (primary N) is 1. The normalized spacial score (nSPS) is 10.4. The largest absolute Gasteiger partial charge is 0.389 e. The monoisotopic (exact) mass is 274 g/mol. The fourth-order valence-electron chi connectivity index (χ4n) is 1.98. The molecule has 0 radical (unpaired) electrons. The highest BCUT2D eigenvalue weighted by molar-refractivity contribution is 7.80. The Hall–Kier alpha value is -1.88. The first-order valence-corrected chi connectivity index (χ1v) is 6.60. The van der Waals surface area contributed by atoms with Gasteiger partial charge in [0.2, 0.25) is 0 Å². The van der Waals surface area contributed by atoms with E-state index in [1.54, 1.807) is 0 Å². The highest BCUT2D eigenvalue weighted by atomic mass is 32.1. The van der Waals surface area contributed by atoms with Crippen molar-refractivity contribution in [2.75, 3.05) is 11.9 Å². The van der Waals surface area contributed by atoms with Crippen LogP contribution in [0.2, 0.25) is 0 Å². The van der Waals surface area contributed by atoms with E-state index in [0.717, 1.165) is 35.5 Å². The maximum Gasteiger partial charge on any atom is 0.104 e. The molecule has 0 saturated heterocycles. The van der Waals surface area contributed by atoms with Crippen molar-refractivity contribution in [3.63, 3.8) is 0 Å². The molecule has 2 aromatic rings. The second-order valence-corrected chi connectivity index (χ2v) is 4.99. The summed E-state index contributed by atoms with van der Waals surface area (Å²) in [4.78, 5) is 0.442. The van der Waals surface area contributed by atoms with E-state index < -0.39 is 0 Å². The Balaban J connectivity index is 1.93. The topological polar surface area (TPSA) is 55.9 Å². The molecule has 0 aliphatic rings. The molecule has 4 nitrogen and oxygen atoms in total. The third kappa shape index (κ3) is 3.54. The maximum atomic E-state index is 5.64. The Morgan fingerprint density at radius 1 is 1.42 bits per heavy atom. The lowest BCUT2D eigenvalue weighted by Crippen LogP contribution is -2.12. The number of hydrogen-bond donors (Lipinski definition) is 2. The van der Waals surface area contributed by atoms with E-state index in [9.17, 15) is 0 Å². The first kappa shape index (κ1) is 13.5. The fourth-order valence-corrected chi connectivity index (χ4v) is 2.21. The zero-order valence-corrected chi connectivity index (χ0v) is 12.0. The number of aryl methyl sites for hydroxylation is 2. The van der Waals surface area contributed by atoms with E-state index in [0.29, 0.717) is 4.99 Å². The van der Waals surface area contributed by atoms with Gasteiger partial charge in [0.15, 0.2) is 0 Å². The number of benzene rings is 1. The summed E-state index contributed by atoms with van der Waals surface area (Å²) in [5.41, 5.74) is 9.84. The summed E-state index contributed by atoms with van der Waals surface area (Å²) in [6.07, 6.45) is 2.85. The van der Waals surface area contributed by atoms with Crippen LogP contribution < -0.4 is 11.1 Å². The van der Waals surface area contributed by atoms with Crippen molar-refractivity contribution in [1.29, 1.82) is 0 Å². The molecule has 5 heteroatoms. The molecule has 0 atom stereocenters. The molecule has 0 bridgehead atoms. The predicted molar refractivity (Wildman–Crippen MR) is 82.5 cm³/mol. The Morgan fingerprint density at radius 3 is 2.79 bits per heavy atom. The molecule has 0 aliphatic heterocycles. The number of hydrogen-bond acceptors (Lipinski definition) is 3. The molecule has 0 spiro atoms. The molecule has 3 N–H and O–H groups in total. The van der Waals surface area contributed by atoms with Gasteiger partial charge in [-0.15, -0.1) is 0 Å². The van der Waals surface area contributed by atoms with Gasteiger partial charge < -0.3 is 11.1 Å². The molecule has 1 heterocycles. The fraction of sp³-hybridized carbons (Fsp3) is 0.286. The van der Waals surface area contributed by atoms with Gasteiger partial charge >= 0.3 is 0 Å². The third-order valence-corrected chi connectivity index (χ3v) is 3.19. The van der Waals surface area contributed by atoms with Crippen molar-refractivity contribution >= 4 is 22.9 Å². The second-order valence-electron chi connectivity index (χ2n) is 4.55. The molecule has 19 heavy (non-hydrogen) atoms. The minimum Gasteiger partial charge on any atom is -0.389 e. The number of rotatable bonds is 5. The summed E-state index contributed by atoms with van der Waals surface area (Å²) in [6.45, 7) is 2.86. The van der Waals surface area contributed by atoms with Gasteiger partial charge in [0.05, 0.1) is 5.69 Å². The van der Waals surface area contributed by atoms with Crippen molar-refractivity contribution in [3.8, 4) is 0 Å². The first-order valence-electron chi connectivity index (χ1n) is 6.19. The molecule has 1 aromatic carbocycles. The average molecular weight is 274 g/mol. The Labute approximate surface area is 118 Å². The summed E-state index contributed by atoms with van der Waals surface area (Å²) in [5.74, 6) is 0.